The highest BCUT2D eigenvalue weighted by Gasteiger charge is 2.34. The van der Waals surface area contributed by atoms with Gasteiger partial charge in [0, 0.05) is 18.0 Å². The minimum atomic E-state index is -2.04. The Bertz CT molecular complexity index is 1200. The fourth-order valence-electron chi connectivity index (χ4n) is 4.39. The number of hydrogen-bond donors (Lipinski definition) is 0. The summed E-state index contributed by atoms with van der Waals surface area (Å²) in [6.45, 7) is 6.33. The van der Waals surface area contributed by atoms with Crippen LogP contribution in [0, 0.1) is 0 Å². The first-order valence-corrected chi connectivity index (χ1v) is 14.0. The summed E-state index contributed by atoms with van der Waals surface area (Å²) in [4.78, 5) is 21.1. The molecule has 0 N–H and O–H groups in total. The van der Waals surface area contributed by atoms with Crippen molar-refractivity contribution in [3.05, 3.63) is 60.9 Å². The van der Waals surface area contributed by atoms with Gasteiger partial charge in [-0.05, 0) is 62.9 Å². The largest absolute Gasteiger partial charge is 0.487 e. The van der Waals surface area contributed by atoms with Crippen LogP contribution in [0.25, 0.3) is 22.5 Å². The summed E-state index contributed by atoms with van der Waals surface area (Å²) < 4.78 is 54.3. The molecule has 4 atom stereocenters. The number of para-hydroxylation sites is 1. The van der Waals surface area contributed by atoms with E-state index in [4.69, 9.17) is 9.47 Å². The molecule has 3 aromatic rings. The number of hydrogen-bond acceptors (Lipinski definition) is 5. The first-order chi connectivity index (χ1) is 19.2. The Morgan fingerprint density at radius 3 is 2.23 bits per heavy atom. The number of rotatable bonds is 15. The number of aromatic nitrogens is 2. The Hall–Kier alpha value is -3.42. The predicted octanol–water partition coefficient (Wildman–Crippen LogP) is 8.66. The Morgan fingerprint density at radius 2 is 1.60 bits per heavy atom. The molecule has 0 spiro atoms. The summed E-state index contributed by atoms with van der Waals surface area (Å²) in [5.74, 6) is 0.110. The van der Waals surface area contributed by atoms with Crippen molar-refractivity contribution in [2.24, 2.45) is 0 Å². The van der Waals surface area contributed by atoms with Crippen LogP contribution < -0.4 is 9.47 Å². The van der Waals surface area contributed by atoms with E-state index < -0.39 is 30.1 Å². The van der Waals surface area contributed by atoms with E-state index in [9.17, 15) is 18.0 Å². The van der Waals surface area contributed by atoms with Gasteiger partial charge in [0.2, 0.25) is 5.67 Å². The molecule has 0 saturated carbocycles. The fourth-order valence-corrected chi connectivity index (χ4v) is 4.39. The molecule has 4 unspecified atom stereocenters. The average molecular weight is 557 g/mol. The number of halogens is 3. The Kier molecular flexibility index (Phi) is 11.5. The van der Waals surface area contributed by atoms with E-state index in [0.29, 0.717) is 35.5 Å². The Balaban J connectivity index is 1.74. The summed E-state index contributed by atoms with van der Waals surface area (Å²) >= 11 is 0. The molecule has 0 amide bonds. The fraction of sp³-hybridized carbons (Fsp3) is 0.469. The number of ether oxygens (including phenoxy) is 2. The summed E-state index contributed by atoms with van der Waals surface area (Å²) in [6.07, 6.45) is 3.79. The normalized spacial score (nSPS) is 15.1. The van der Waals surface area contributed by atoms with E-state index >= 15 is 0 Å². The van der Waals surface area contributed by atoms with E-state index in [1.165, 1.54) is 13.8 Å². The topological polar surface area (TPSA) is 61.3 Å². The van der Waals surface area contributed by atoms with Crippen molar-refractivity contribution in [2.45, 2.75) is 96.8 Å². The zero-order valence-electron chi connectivity index (χ0n) is 23.7. The second-order valence-corrected chi connectivity index (χ2v) is 10.3. The lowest BCUT2D eigenvalue weighted by Gasteiger charge is -2.24. The maximum absolute atomic E-state index is 14.8. The van der Waals surface area contributed by atoms with Crippen LogP contribution in [0.5, 0.6) is 11.5 Å². The van der Waals surface area contributed by atoms with Gasteiger partial charge in [0.15, 0.2) is 12.0 Å². The van der Waals surface area contributed by atoms with Gasteiger partial charge in [-0.3, -0.25) is 0 Å². The lowest BCUT2D eigenvalue weighted by molar-refractivity contribution is -0.147. The molecule has 1 aromatic heterocycles. The van der Waals surface area contributed by atoms with Crippen LogP contribution in [0.3, 0.4) is 0 Å². The zero-order chi connectivity index (χ0) is 29.1. The van der Waals surface area contributed by atoms with Crippen LogP contribution in [-0.2, 0) is 4.79 Å². The van der Waals surface area contributed by atoms with Gasteiger partial charge in [-0.2, -0.15) is 0 Å². The van der Waals surface area contributed by atoms with Crippen LogP contribution in [0.4, 0.5) is 13.2 Å². The van der Waals surface area contributed by atoms with Crippen molar-refractivity contribution in [3.8, 4) is 34.0 Å². The van der Waals surface area contributed by atoms with E-state index in [1.807, 2.05) is 6.07 Å². The standard InChI is InChI=1S/C32H39F3N2O3/c1-5-7-8-9-14-28(29(34)22(3)33)40-27-13-11-10-12-26(27)30-36-20-24(21-37-30)23-15-17-25(18-16-23)39-31(38)32(4,35)19-6-2/h10-13,15-18,20-22,28-29H,5-9,14,19H2,1-4H3. The van der Waals surface area contributed by atoms with Crippen molar-refractivity contribution < 1.29 is 27.4 Å². The van der Waals surface area contributed by atoms with Crippen LogP contribution >= 0.6 is 0 Å². The molecule has 1 heterocycles. The molecule has 2 aromatic carbocycles. The second kappa shape index (κ2) is 14.8. The third-order valence-electron chi connectivity index (χ3n) is 6.74. The minimum Gasteiger partial charge on any atom is -0.487 e. The van der Waals surface area contributed by atoms with E-state index in [-0.39, 0.29) is 12.2 Å². The Morgan fingerprint density at radius 1 is 0.925 bits per heavy atom. The highest BCUT2D eigenvalue weighted by molar-refractivity contribution is 5.81. The van der Waals surface area contributed by atoms with Gasteiger partial charge < -0.3 is 9.47 Å². The van der Waals surface area contributed by atoms with Gasteiger partial charge in [-0.1, -0.05) is 63.8 Å². The van der Waals surface area contributed by atoms with Crippen LogP contribution in [0.1, 0.15) is 72.6 Å². The number of alkyl halides is 3. The van der Waals surface area contributed by atoms with Crippen molar-refractivity contribution in [3.63, 3.8) is 0 Å². The second-order valence-electron chi connectivity index (χ2n) is 10.3. The Labute approximate surface area is 235 Å². The minimum absolute atomic E-state index is 0.0880. The number of benzene rings is 2. The first kappa shape index (κ1) is 31.1. The molecule has 0 aliphatic carbocycles. The molecule has 0 fully saturated rings. The van der Waals surface area contributed by atoms with Gasteiger partial charge in [0.25, 0.3) is 0 Å². The molecule has 8 heteroatoms. The highest BCUT2D eigenvalue weighted by atomic mass is 19.2. The summed E-state index contributed by atoms with van der Waals surface area (Å²) in [5, 5.41) is 0. The van der Waals surface area contributed by atoms with Gasteiger partial charge in [0.05, 0.1) is 5.56 Å². The van der Waals surface area contributed by atoms with Gasteiger partial charge >= 0.3 is 5.97 Å². The van der Waals surface area contributed by atoms with E-state index in [1.54, 1.807) is 61.8 Å². The summed E-state index contributed by atoms with van der Waals surface area (Å²) in [6, 6.07) is 13.7. The summed E-state index contributed by atoms with van der Waals surface area (Å²) in [7, 11) is 0. The van der Waals surface area contributed by atoms with Crippen LogP contribution in [0.2, 0.25) is 0 Å². The van der Waals surface area contributed by atoms with Crippen LogP contribution in [-0.4, -0.2) is 40.1 Å². The molecule has 0 radical (unpaired) electrons. The molecular weight excluding hydrogens is 517 g/mol. The van der Waals surface area contributed by atoms with Gasteiger partial charge in [-0.15, -0.1) is 0 Å². The van der Waals surface area contributed by atoms with Crippen molar-refractivity contribution >= 4 is 5.97 Å². The molecular formula is C32H39F3N2O3. The number of carbonyl (C=O) groups is 1. The molecule has 40 heavy (non-hydrogen) atoms. The lowest BCUT2D eigenvalue weighted by Crippen LogP contribution is -2.34. The van der Waals surface area contributed by atoms with Crippen molar-refractivity contribution in [2.75, 3.05) is 0 Å². The van der Waals surface area contributed by atoms with Gasteiger partial charge in [-0.25, -0.2) is 27.9 Å². The number of nitrogens with zero attached hydrogens (tertiary/aromatic N) is 2. The summed E-state index contributed by atoms with van der Waals surface area (Å²) in [5.41, 5.74) is 0.0263. The number of carbonyl (C=O) groups excluding carboxylic acids is 1. The van der Waals surface area contributed by atoms with Crippen molar-refractivity contribution in [1.29, 1.82) is 0 Å². The maximum Gasteiger partial charge on any atom is 0.348 e. The van der Waals surface area contributed by atoms with Gasteiger partial charge in [0.1, 0.15) is 23.8 Å². The highest BCUT2D eigenvalue weighted by Crippen LogP contribution is 2.32. The number of esters is 1. The first-order valence-electron chi connectivity index (χ1n) is 14.0. The molecule has 3 rings (SSSR count). The maximum atomic E-state index is 14.8. The average Bonchev–Trinajstić information content (AvgIpc) is 2.95. The molecule has 0 saturated heterocycles. The predicted molar refractivity (Wildman–Crippen MR) is 152 cm³/mol. The zero-order valence-corrected chi connectivity index (χ0v) is 23.7. The third kappa shape index (κ3) is 8.54. The van der Waals surface area contributed by atoms with E-state index in [0.717, 1.165) is 31.2 Å². The number of unbranched alkanes of at least 4 members (excludes halogenated alkanes) is 3. The smallest absolute Gasteiger partial charge is 0.348 e. The monoisotopic (exact) mass is 556 g/mol. The molecule has 0 bridgehead atoms. The van der Waals surface area contributed by atoms with E-state index in [2.05, 4.69) is 16.9 Å². The lowest BCUT2D eigenvalue weighted by atomic mass is 10.0. The van der Waals surface area contributed by atoms with Crippen LogP contribution in [0.15, 0.2) is 60.9 Å². The molecule has 216 valence electrons. The molecule has 0 aliphatic heterocycles. The molecule has 5 nitrogen and oxygen atoms in total. The van der Waals surface area contributed by atoms with Crippen molar-refractivity contribution in [1.82, 2.24) is 9.97 Å². The molecule has 0 aliphatic rings. The quantitative estimate of drug-likeness (QED) is 0.106. The third-order valence-corrected chi connectivity index (χ3v) is 6.74. The SMILES string of the molecule is CCCCCCC(Oc1ccccc1-c1ncc(-c2ccc(OC(=O)C(C)(F)CCC)cc2)cn1)C(F)C(C)F.